The van der Waals surface area contributed by atoms with Gasteiger partial charge in [0.05, 0.1) is 4.92 Å². The number of aliphatic carboxylic acids is 1. The molecule has 28 heavy (non-hydrogen) atoms. The van der Waals surface area contributed by atoms with Crippen molar-refractivity contribution in [3.63, 3.8) is 0 Å². The third-order valence-electron chi connectivity index (χ3n) is 5.58. The predicted octanol–water partition coefficient (Wildman–Crippen LogP) is 3.15. The average molecular weight is 389 g/mol. The molecule has 3 unspecified atom stereocenters. The number of hydrogen-bond donors (Lipinski definition) is 1. The Labute approximate surface area is 164 Å². The van der Waals surface area contributed by atoms with Gasteiger partial charge in [0.15, 0.2) is 0 Å². The van der Waals surface area contributed by atoms with Crippen molar-refractivity contribution in [2.24, 2.45) is 11.8 Å². The van der Waals surface area contributed by atoms with Crippen LogP contribution in [0.25, 0.3) is 0 Å². The van der Waals surface area contributed by atoms with Gasteiger partial charge in [-0.15, -0.1) is 0 Å². The van der Waals surface area contributed by atoms with Gasteiger partial charge in [-0.25, -0.2) is 4.79 Å². The number of amides is 1. The number of piperidine rings is 1. The average Bonchev–Trinajstić information content (AvgIpc) is 3.45. The maximum atomic E-state index is 13.0. The molecule has 3 rings (SSSR count). The van der Waals surface area contributed by atoms with Crippen LogP contribution in [-0.4, -0.2) is 52.0 Å². The summed E-state index contributed by atoms with van der Waals surface area (Å²) in [6.07, 6.45) is 2.60. The first-order valence-corrected chi connectivity index (χ1v) is 9.77. The van der Waals surface area contributed by atoms with E-state index in [-0.39, 0.29) is 17.3 Å². The molecule has 152 valence electrons. The van der Waals surface area contributed by atoms with Crippen molar-refractivity contribution in [3.05, 3.63) is 33.9 Å². The Morgan fingerprint density at radius 1 is 1.25 bits per heavy atom. The second-order valence-electron chi connectivity index (χ2n) is 8.27. The fraction of sp³-hybridized carbons (Fsp3) is 0.600. The van der Waals surface area contributed by atoms with Gasteiger partial charge in [-0.3, -0.25) is 14.9 Å². The summed E-state index contributed by atoms with van der Waals surface area (Å²) in [5.74, 6) is -0.673. The maximum Gasteiger partial charge on any atom is 0.326 e. The Morgan fingerprint density at radius 2 is 1.86 bits per heavy atom. The van der Waals surface area contributed by atoms with Crippen molar-refractivity contribution in [2.75, 3.05) is 18.0 Å². The second kappa shape index (κ2) is 7.77. The number of carboxylic acids is 1. The van der Waals surface area contributed by atoms with Gasteiger partial charge < -0.3 is 14.9 Å². The molecule has 8 heteroatoms. The molecule has 0 aromatic heterocycles. The summed E-state index contributed by atoms with van der Waals surface area (Å²) in [5.41, 5.74) is 0.573. The molecule has 1 aromatic carbocycles. The monoisotopic (exact) mass is 389 g/mol. The van der Waals surface area contributed by atoms with Crippen LogP contribution in [-0.2, 0) is 4.79 Å². The summed E-state index contributed by atoms with van der Waals surface area (Å²) < 4.78 is 0. The van der Waals surface area contributed by atoms with Gasteiger partial charge in [0.1, 0.15) is 11.7 Å². The second-order valence-corrected chi connectivity index (χ2v) is 8.27. The molecule has 1 saturated carbocycles. The maximum absolute atomic E-state index is 13.0. The van der Waals surface area contributed by atoms with E-state index in [0.29, 0.717) is 17.5 Å². The van der Waals surface area contributed by atoms with Gasteiger partial charge in [-0.05, 0) is 50.2 Å². The lowest BCUT2D eigenvalue weighted by Gasteiger charge is -2.36. The zero-order valence-electron chi connectivity index (χ0n) is 16.5. The Balaban J connectivity index is 1.93. The quantitative estimate of drug-likeness (QED) is 0.592. The van der Waals surface area contributed by atoms with Crippen LogP contribution in [0.5, 0.6) is 0 Å². The van der Waals surface area contributed by atoms with E-state index in [4.69, 9.17) is 0 Å². The van der Waals surface area contributed by atoms with Crippen LogP contribution >= 0.6 is 0 Å². The van der Waals surface area contributed by atoms with Gasteiger partial charge in [0.2, 0.25) is 0 Å². The Hall–Kier alpha value is -2.64. The number of carbonyl (C=O) groups is 2. The van der Waals surface area contributed by atoms with Crippen molar-refractivity contribution in [1.29, 1.82) is 0 Å². The molecule has 2 fully saturated rings. The summed E-state index contributed by atoms with van der Waals surface area (Å²) in [6, 6.07) is 3.43. The molecule has 1 aromatic rings. The lowest BCUT2D eigenvalue weighted by atomic mass is 9.91. The number of nitro groups is 1. The van der Waals surface area contributed by atoms with Gasteiger partial charge in [0, 0.05) is 30.8 Å². The van der Waals surface area contributed by atoms with Crippen LogP contribution in [0, 0.1) is 22.0 Å². The van der Waals surface area contributed by atoms with E-state index in [0.717, 1.165) is 32.4 Å². The summed E-state index contributed by atoms with van der Waals surface area (Å²) >= 11 is 0. The standard InChI is InChI=1S/C20H27N3O5/c1-12-8-13(2)11-21(10-12)17-7-4-15(9-18(17)23(27)28)19(24)22(16-5-6-16)14(3)20(25)26/h4,7,9,12-14,16H,5-6,8,10-11H2,1-3H3,(H,25,26). The lowest BCUT2D eigenvalue weighted by molar-refractivity contribution is -0.384. The third kappa shape index (κ3) is 4.10. The number of hydrogen-bond acceptors (Lipinski definition) is 5. The fourth-order valence-electron chi connectivity index (χ4n) is 4.21. The number of carbonyl (C=O) groups excluding carboxylic acids is 1. The van der Waals surface area contributed by atoms with Crippen LogP contribution in [0.15, 0.2) is 18.2 Å². The Kier molecular flexibility index (Phi) is 5.58. The molecule has 1 aliphatic carbocycles. The van der Waals surface area contributed by atoms with Gasteiger partial charge in [-0.2, -0.15) is 0 Å². The summed E-state index contributed by atoms with van der Waals surface area (Å²) in [6.45, 7) is 7.21. The van der Waals surface area contributed by atoms with Gasteiger partial charge >= 0.3 is 5.97 Å². The first-order valence-electron chi connectivity index (χ1n) is 9.77. The summed E-state index contributed by atoms with van der Waals surface area (Å²) in [7, 11) is 0. The van der Waals surface area contributed by atoms with Crippen molar-refractivity contribution >= 4 is 23.3 Å². The molecule has 1 heterocycles. The largest absolute Gasteiger partial charge is 0.480 e. The van der Waals surface area contributed by atoms with Crippen molar-refractivity contribution in [3.8, 4) is 0 Å². The minimum Gasteiger partial charge on any atom is -0.480 e. The van der Waals surface area contributed by atoms with Crippen molar-refractivity contribution in [1.82, 2.24) is 4.90 Å². The number of rotatable bonds is 6. The van der Waals surface area contributed by atoms with Gasteiger partial charge in [0.25, 0.3) is 11.6 Å². The van der Waals surface area contributed by atoms with Crippen LogP contribution in [0.4, 0.5) is 11.4 Å². The number of benzene rings is 1. The van der Waals surface area contributed by atoms with E-state index in [1.54, 1.807) is 12.1 Å². The van der Waals surface area contributed by atoms with Crippen LogP contribution in [0.3, 0.4) is 0 Å². The van der Waals surface area contributed by atoms with E-state index in [1.165, 1.54) is 17.9 Å². The smallest absolute Gasteiger partial charge is 0.326 e. The van der Waals surface area contributed by atoms with Crippen LogP contribution in [0.2, 0.25) is 0 Å². The minimum absolute atomic E-state index is 0.106. The highest BCUT2D eigenvalue weighted by molar-refractivity contribution is 5.98. The van der Waals surface area contributed by atoms with Crippen LogP contribution < -0.4 is 4.90 Å². The topological polar surface area (TPSA) is 104 Å². The molecular weight excluding hydrogens is 362 g/mol. The first kappa shape index (κ1) is 20.1. The zero-order chi connectivity index (χ0) is 20.6. The van der Waals surface area contributed by atoms with Crippen molar-refractivity contribution < 1.29 is 19.6 Å². The Morgan fingerprint density at radius 3 is 2.36 bits per heavy atom. The van der Waals surface area contributed by atoms with E-state index in [9.17, 15) is 24.8 Å². The molecular formula is C20H27N3O5. The molecule has 1 aliphatic heterocycles. The minimum atomic E-state index is -1.08. The summed E-state index contributed by atoms with van der Waals surface area (Å²) in [5, 5.41) is 21.0. The summed E-state index contributed by atoms with van der Waals surface area (Å²) in [4.78, 5) is 39.0. The Bertz CT molecular complexity index is 782. The number of nitro benzene ring substituents is 1. The molecule has 0 bridgehead atoms. The highest BCUT2D eigenvalue weighted by atomic mass is 16.6. The van der Waals surface area contributed by atoms with E-state index in [1.807, 2.05) is 4.90 Å². The highest BCUT2D eigenvalue weighted by Gasteiger charge is 2.39. The molecule has 1 saturated heterocycles. The van der Waals surface area contributed by atoms with E-state index >= 15 is 0 Å². The number of carboxylic acid groups (broad SMARTS) is 1. The highest BCUT2D eigenvalue weighted by Crippen LogP contribution is 2.35. The first-order chi connectivity index (χ1) is 13.2. The third-order valence-corrected chi connectivity index (χ3v) is 5.58. The molecule has 1 amide bonds. The molecule has 0 spiro atoms. The predicted molar refractivity (Wildman–Crippen MR) is 105 cm³/mol. The number of anilines is 1. The number of nitrogens with zero attached hydrogens (tertiary/aromatic N) is 3. The SMILES string of the molecule is CC1CC(C)CN(c2ccc(C(=O)N(C3CC3)C(C)C(=O)O)cc2[N+](=O)[O-])C1. The fourth-order valence-corrected chi connectivity index (χ4v) is 4.21. The van der Waals surface area contributed by atoms with Crippen molar-refractivity contribution in [2.45, 2.75) is 52.1 Å². The lowest BCUT2D eigenvalue weighted by Crippen LogP contribution is -2.44. The van der Waals surface area contributed by atoms with Crippen LogP contribution in [0.1, 0.15) is 50.4 Å². The zero-order valence-corrected chi connectivity index (χ0v) is 16.5. The molecule has 3 atom stereocenters. The van der Waals surface area contributed by atoms with E-state index in [2.05, 4.69) is 13.8 Å². The van der Waals surface area contributed by atoms with E-state index < -0.39 is 22.8 Å². The molecule has 8 nitrogen and oxygen atoms in total. The molecule has 1 N–H and O–H groups in total. The molecule has 0 radical (unpaired) electrons. The molecule has 2 aliphatic rings. The van der Waals surface area contributed by atoms with Gasteiger partial charge in [-0.1, -0.05) is 13.8 Å². The normalized spacial score (nSPS) is 23.2.